The van der Waals surface area contributed by atoms with Crippen LogP contribution < -0.4 is 11.1 Å². The molecule has 5 heteroatoms. The van der Waals surface area contributed by atoms with Crippen LogP contribution in [0.4, 0.5) is 0 Å². The zero-order valence-corrected chi connectivity index (χ0v) is 8.82. The van der Waals surface area contributed by atoms with Gasteiger partial charge in [0.1, 0.15) is 6.10 Å². The van der Waals surface area contributed by atoms with Gasteiger partial charge in [-0.05, 0) is 12.8 Å². The molecule has 4 N–H and O–H groups in total. The summed E-state index contributed by atoms with van der Waals surface area (Å²) in [5.74, 6) is -0.224. The Labute approximate surface area is 84.6 Å². The first-order valence-electron chi connectivity index (χ1n) is 4.84. The molecule has 0 spiro atoms. The summed E-state index contributed by atoms with van der Waals surface area (Å²) < 4.78 is 4.85. The summed E-state index contributed by atoms with van der Waals surface area (Å²) in [7, 11) is 1.44. The smallest absolute Gasteiger partial charge is 0.250 e. The van der Waals surface area contributed by atoms with Gasteiger partial charge in [0, 0.05) is 20.2 Å². The molecule has 0 aliphatic heterocycles. The van der Waals surface area contributed by atoms with Crippen molar-refractivity contribution in [3.63, 3.8) is 0 Å². The Bertz CT molecular complexity index is 160. The molecule has 2 atom stereocenters. The number of hydrogen-bond acceptors (Lipinski definition) is 4. The lowest BCUT2D eigenvalue weighted by Crippen LogP contribution is -2.41. The Hall–Kier alpha value is -0.650. The van der Waals surface area contributed by atoms with E-state index in [1.807, 2.05) is 6.92 Å². The summed E-state index contributed by atoms with van der Waals surface area (Å²) in [6.07, 6.45) is 0.312. The number of hydrogen-bond donors (Lipinski definition) is 3. The summed E-state index contributed by atoms with van der Waals surface area (Å²) >= 11 is 0. The van der Waals surface area contributed by atoms with Crippen molar-refractivity contribution in [2.75, 3.05) is 20.2 Å². The highest BCUT2D eigenvalue weighted by Gasteiger charge is 2.14. The van der Waals surface area contributed by atoms with Gasteiger partial charge in [-0.1, -0.05) is 6.92 Å². The molecule has 0 aromatic carbocycles. The third-order valence-corrected chi connectivity index (χ3v) is 2.04. The van der Waals surface area contributed by atoms with Gasteiger partial charge in [0.2, 0.25) is 5.91 Å². The molecule has 0 saturated carbocycles. The van der Waals surface area contributed by atoms with Gasteiger partial charge in [-0.3, -0.25) is 4.79 Å². The second kappa shape index (κ2) is 7.73. The Kier molecular flexibility index (Phi) is 7.37. The van der Waals surface area contributed by atoms with Gasteiger partial charge in [-0.25, -0.2) is 0 Å². The van der Waals surface area contributed by atoms with Crippen LogP contribution in [0.3, 0.4) is 0 Å². The van der Waals surface area contributed by atoms with Crippen molar-refractivity contribution in [1.82, 2.24) is 5.32 Å². The normalized spacial score (nSPS) is 14.9. The van der Waals surface area contributed by atoms with E-state index < -0.39 is 6.10 Å². The Morgan fingerprint density at radius 2 is 2.29 bits per heavy atom. The number of aliphatic hydroxyl groups excluding tert-OH is 1. The van der Waals surface area contributed by atoms with Crippen molar-refractivity contribution in [3.05, 3.63) is 0 Å². The lowest BCUT2D eigenvalue weighted by atomic mass is 10.2. The first-order chi connectivity index (χ1) is 6.65. The highest BCUT2D eigenvalue weighted by molar-refractivity contribution is 5.80. The maximum atomic E-state index is 11.3. The molecule has 0 bridgehead atoms. The molecule has 0 rings (SSSR count). The van der Waals surface area contributed by atoms with E-state index in [0.29, 0.717) is 19.4 Å². The molecule has 0 aromatic heterocycles. The molecule has 0 aromatic rings. The fourth-order valence-corrected chi connectivity index (χ4v) is 0.990. The van der Waals surface area contributed by atoms with Gasteiger partial charge in [0.15, 0.2) is 0 Å². The maximum absolute atomic E-state index is 11.3. The van der Waals surface area contributed by atoms with E-state index in [2.05, 4.69) is 5.32 Å². The van der Waals surface area contributed by atoms with Crippen LogP contribution in [0.2, 0.25) is 0 Å². The molecular formula is C9H20N2O3. The number of carbonyl (C=O) groups excluding carboxylic acids is 1. The van der Waals surface area contributed by atoms with E-state index >= 15 is 0 Å². The first kappa shape index (κ1) is 13.4. The summed E-state index contributed by atoms with van der Waals surface area (Å²) in [6, 6.07) is 0. The minimum absolute atomic E-state index is 0.165. The van der Waals surface area contributed by atoms with Crippen LogP contribution >= 0.6 is 0 Å². The van der Waals surface area contributed by atoms with Gasteiger partial charge in [-0.2, -0.15) is 0 Å². The predicted octanol–water partition coefficient (Wildman–Crippen LogP) is -0.763. The molecule has 0 heterocycles. The van der Waals surface area contributed by atoms with Crippen LogP contribution in [-0.2, 0) is 9.53 Å². The van der Waals surface area contributed by atoms with Gasteiger partial charge >= 0.3 is 0 Å². The van der Waals surface area contributed by atoms with Gasteiger partial charge < -0.3 is 20.9 Å². The van der Waals surface area contributed by atoms with E-state index in [1.165, 1.54) is 7.11 Å². The van der Waals surface area contributed by atoms with Crippen molar-refractivity contribution in [1.29, 1.82) is 0 Å². The van der Waals surface area contributed by atoms with Gasteiger partial charge in [0.25, 0.3) is 0 Å². The van der Waals surface area contributed by atoms with E-state index in [-0.39, 0.29) is 18.6 Å². The second-order valence-electron chi connectivity index (χ2n) is 3.10. The van der Waals surface area contributed by atoms with E-state index in [4.69, 9.17) is 10.5 Å². The standard InChI is InChI=1S/C9H20N2O3/c1-3-7(12)4-5-11-9(13)8(6-10)14-2/h7-8,12H,3-6,10H2,1-2H3,(H,11,13). The highest BCUT2D eigenvalue weighted by atomic mass is 16.5. The van der Waals surface area contributed by atoms with Crippen LogP contribution in [0.25, 0.3) is 0 Å². The second-order valence-corrected chi connectivity index (χ2v) is 3.10. The lowest BCUT2D eigenvalue weighted by molar-refractivity contribution is -0.130. The first-order valence-corrected chi connectivity index (χ1v) is 4.84. The molecule has 0 radical (unpaired) electrons. The molecule has 5 nitrogen and oxygen atoms in total. The SMILES string of the molecule is CCC(O)CCNC(=O)C(CN)OC. The van der Waals surface area contributed by atoms with E-state index in [1.54, 1.807) is 0 Å². The van der Waals surface area contributed by atoms with Crippen LogP contribution in [0.15, 0.2) is 0 Å². The minimum Gasteiger partial charge on any atom is -0.393 e. The summed E-state index contributed by atoms with van der Waals surface area (Å²) in [6.45, 7) is 2.51. The Balaban J connectivity index is 3.62. The number of ether oxygens (including phenoxy) is 1. The topological polar surface area (TPSA) is 84.6 Å². The van der Waals surface area contributed by atoms with Crippen LogP contribution in [0, 0.1) is 0 Å². The van der Waals surface area contributed by atoms with E-state index in [0.717, 1.165) is 0 Å². The summed E-state index contributed by atoms with van der Waals surface area (Å²) in [5, 5.41) is 11.9. The number of nitrogens with two attached hydrogens (primary N) is 1. The molecule has 0 fully saturated rings. The van der Waals surface area contributed by atoms with Crippen LogP contribution in [-0.4, -0.2) is 43.4 Å². The highest BCUT2D eigenvalue weighted by Crippen LogP contribution is 1.95. The summed E-state index contributed by atoms with van der Waals surface area (Å²) in [5.41, 5.74) is 5.31. The monoisotopic (exact) mass is 204 g/mol. The molecule has 1 amide bonds. The summed E-state index contributed by atoms with van der Waals surface area (Å²) in [4.78, 5) is 11.3. The van der Waals surface area contributed by atoms with Crippen molar-refractivity contribution < 1.29 is 14.6 Å². The third kappa shape index (κ3) is 5.16. The fraction of sp³-hybridized carbons (Fsp3) is 0.889. The van der Waals surface area contributed by atoms with Crippen molar-refractivity contribution in [3.8, 4) is 0 Å². The third-order valence-electron chi connectivity index (χ3n) is 2.04. The zero-order valence-electron chi connectivity index (χ0n) is 8.82. The van der Waals surface area contributed by atoms with Gasteiger partial charge in [0.05, 0.1) is 6.10 Å². The van der Waals surface area contributed by atoms with Crippen LogP contribution in [0.5, 0.6) is 0 Å². The number of aliphatic hydroxyl groups is 1. The molecular weight excluding hydrogens is 184 g/mol. The predicted molar refractivity (Wildman–Crippen MR) is 53.8 cm³/mol. The largest absolute Gasteiger partial charge is 0.393 e. The number of rotatable bonds is 7. The maximum Gasteiger partial charge on any atom is 0.250 e. The van der Waals surface area contributed by atoms with Crippen molar-refractivity contribution in [2.45, 2.75) is 32.0 Å². The zero-order chi connectivity index (χ0) is 11.0. The molecule has 84 valence electrons. The molecule has 14 heavy (non-hydrogen) atoms. The number of carbonyl (C=O) groups is 1. The lowest BCUT2D eigenvalue weighted by Gasteiger charge is -2.14. The molecule has 0 saturated heterocycles. The molecule has 2 unspecified atom stereocenters. The minimum atomic E-state index is -0.589. The average molecular weight is 204 g/mol. The van der Waals surface area contributed by atoms with E-state index in [9.17, 15) is 9.90 Å². The number of amides is 1. The average Bonchev–Trinajstić information content (AvgIpc) is 2.19. The molecule has 0 aliphatic rings. The van der Waals surface area contributed by atoms with Crippen molar-refractivity contribution >= 4 is 5.91 Å². The Morgan fingerprint density at radius 1 is 1.64 bits per heavy atom. The number of methoxy groups -OCH3 is 1. The Morgan fingerprint density at radius 3 is 2.71 bits per heavy atom. The van der Waals surface area contributed by atoms with Gasteiger partial charge in [-0.15, -0.1) is 0 Å². The quantitative estimate of drug-likeness (QED) is 0.509. The molecule has 0 aliphatic carbocycles. The fourth-order valence-electron chi connectivity index (χ4n) is 0.990. The number of nitrogens with one attached hydrogen (secondary N) is 1. The van der Waals surface area contributed by atoms with Crippen LogP contribution in [0.1, 0.15) is 19.8 Å². The van der Waals surface area contributed by atoms with Crippen molar-refractivity contribution in [2.24, 2.45) is 5.73 Å².